The van der Waals surface area contributed by atoms with Crippen LogP contribution in [-0.2, 0) is 20.9 Å². The van der Waals surface area contributed by atoms with Crippen LogP contribution in [0.3, 0.4) is 0 Å². The Balaban J connectivity index is 1.64. The number of amides is 1. The van der Waals surface area contributed by atoms with Gasteiger partial charge in [0.1, 0.15) is 22.6 Å². The minimum absolute atomic E-state index is 0.0942. The average Bonchev–Trinajstić information content (AvgIpc) is 3.18. The van der Waals surface area contributed by atoms with Gasteiger partial charge in [-0.05, 0) is 45.7 Å². The van der Waals surface area contributed by atoms with Gasteiger partial charge in [-0.15, -0.1) is 0 Å². The summed E-state index contributed by atoms with van der Waals surface area (Å²) in [4.78, 5) is 27.9. The van der Waals surface area contributed by atoms with Crippen LogP contribution in [0.1, 0.15) is 39.2 Å². The van der Waals surface area contributed by atoms with Crippen LogP contribution in [0, 0.1) is 5.82 Å². The quantitative estimate of drug-likeness (QED) is 0.287. The third-order valence-electron chi connectivity index (χ3n) is 7.33. The Labute approximate surface area is 274 Å². The number of fused-ring (bicyclic) bond motifs is 3. The number of alkyl halides is 6. The first-order chi connectivity index (χ1) is 22.0. The van der Waals surface area contributed by atoms with Crippen LogP contribution in [0.5, 0.6) is 6.01 Å². The molecule has 2 fully saturated rings. The van der Waals surface area contributed by atoms with Gasteiger partial charge in [-0.3, -0.25) is 14.6 Å². The van der Waals surface area contributed by atoms with Gasteiger partial charge in [-0.2, -0.15) is 36.3 Å². The van der Waals surface area contributed by atoms with Gasteiger partial charge in [0.15, 0.2) is 12.4 Å². The molecular formula is C28H28ClF7N6O5S. The fourth-order valence-electron chi connectivity index (χ4n) is 5.70. The fourth-order valence-corrected chi connectivity index (χ4v) is 6.58. The van der Waals surface area contributed by atoms with Gasteiger partial charge < -0.3 is 14.4 Å². The minimum atomic E-state index is -5.18. The Bertz CT molecular complexity index is 1860. The van der Waals surface area contributed by atoms with Gasteiger partial charge in [-0.1, -0.05) is 11.6 Å². The number of hydrogen-bond acceptors (Lipinski definition) is 9. The molecule has 2 aromatic heterocycles. The number of aromatic nitrogens is 3. The second kappa shape index (κ2) is 12.2. The molecule has 1 aromatic carbocycles. The second-order valence-corrected chi connectivity index (χ2v) is 14.5. The third kappa shape index (κ3) is 7.71. The lowest BCUT2D eigenvalue weighted by atomic mass is 10.0. The molecule has 4 heterocycles. The summed E-state index contributed by atoms with van der Waals surface area (Å²) in [6, 6.07) is -0.398. The molecule has 2 saturated heterocycles. The van der Waals surface area contributed by atoms with Gasteiger partial charge in [0.25, 0.3) is 0 Å². The molecule has 0 aliphatic carbocycles. The first kappa shape index (κ1) is 35.4. The smallest absolute Gasteiger partial charge is 0.422 e. The highest BCUT2D eigenvalue weighted by molar-refractivity contribution is 7.92. The number of nitrogens with zero attached hydrogens (tertiary/aromatic N) is 5. The number of sulfonamides is 1. The zero-order valence-corrected chi connectivity index (χ0v) is 27.2. The van der Waals surface area contributed by atoms with E-state index in [0.717, 1.165) is 12.5 Å². The molecule has 0 saturated carbocycles. The molecule has 0 radical (unpaired) electrons. The summed E-state index contributed by atoms with van der Waals surface area (Å²) in [5.74, 6) is -1.63. The molecule has 2 aliphatic rings. The van der Waals surface area contributed by atoms with E-state index in [4.69, 9.17) is 21.1 Å². The number of carbonyl (C=O) groups excluding carboxylic acids is 1. The third-order valence-corrected chi connectivity index (χ3v) is 8.23. The van der Waals surface area contributed by atoms with Gasteiger partial charge >= 0.3 is 24.5 Å². The van der Waals surface area contributed by atoms with E-state index in [0.29, 0.717) is 25.0 Å². The molecule has 1 N–H and O–H groups in total. The zero-order valence-electron chi connectivity index (χ0n) is 25.6. The van der Waals surface area contributed by atoms with Crippen LogP contribution in [0.4, 0.5) is 47.0 Å². The molecule has 2 bridgehead atoms. The molecule has 11 nitrogen and oxygen atoms in total. The number of anilines is 2. The molecule has 1 amide bonds. The van der Waals surface area contributed by atoms with Crippen molar-refractivity contribution in [1.29, 1.82) is 0 Å². The van der Waals surface area contributed by atoms with Gasteiger partial charge in [0, 0.05) is 24.8 Å². The maximum absolute atomic E-state index is 16.3. The first-order valence-corrected chi connectivity index (χ1v) is 16.5. The van der Waals surface area contributed by atoms with Crippen molar-refractivity contribution in [3.63, 3.8) is 0 Å². The van der Waals surface area contributed by atoms with E-state index in [1.54, 1.807) is 30.6 Å². The van der Waals surface area contributed by atoms with Crippen LogP contribution in [0.15, 0.2) is 18.3 Å². The molecule has 262 valence electrons. The molecule has 2 atom stereocenters. The highest BCUT2D eigenvalue weighted by atomic mass is 35.5. The van der Waals surface area contributed by atoms with E-state index in [-0.39, 0.29) is 24.3 Å². The molecular weight excluding hydrogens is 701 g/mol. The van der Waals surface area contributed by atoms with Crippen molar-refractivity contribution >= 4 is 50.1 Å². The first-order valence-electron chi connectivity index (χ1n) is 14.2. The maximum Gasteiger partial charge on any atom is 0.422 e. The lowest BCUT2D eigenvalue weighted by Gasteiger charge is -2.42. The Hall–Kier alpha value is -3.87. The second-order valence-electron chi connectivity index (χ2n) is 12.3. The van der Waals surface area contributed by atoms with E-state index < -0.39 is 97.6 Å². The molecule has 5 rings (SSSR count). The summed E-state index contributed by atoms with van der Waals surface area (Å²) >= 11 is 5.91. The largest absolute Gasteiger partial charge is 0.454 e. The summed E-state index contributed by atoms with van der Waals surface area (Å²) in [6.45, 7) is 3.45. The number of benzene rings is 1. The predicted molar refractivity (Wildman–Crippen MR) is 160 cm³/mol. The summed E-state index contributed by atoms with van der Waals surface area (Å²) in [5, 5.41) is -1.16. The summed E-state index contributed by atoms with van der Waals surface area (Å²) < 4.78 is 134. The van der Waals surface area contributed by atoms with Crippen LogP contribution >= 0.6 is 11.6 Å². The zero-order chi connectivity index (χ0) is 35.6. The van der Waals surface area contributed by atoms with Crippen molar-refractivity contribution in [2.45, 2.75) is 63.7 Å². The maximum atomic E-state index is 16.3. The van der Waals surface area contributed by atoms with Gasteiger partial charge in [0.05, 0.1) is 40.0 Å². The van der Waals surface area contributed by atoms with Crippen molar-refractivity contribution in [2.75, 3.05) is 35.6 Å². The van der Waals surface area contributed by atoms with Crippen molar-refractivity contribution in [3.8, 4) is 17.3 Å². The number of halogens is 8. The average molecular weight is 729 g/mol. The normalized spacial score (nSPS) is 18.8. The lowest BCUT2D eigenvalue weighted by Crippen LogP contribution is -2.57. The Morgan fingerprint density at radius 1 is 1.06 bits per heavy atom. The molecule has 48 heavy (non-hydrogen) atoms. The van der Waals surface area contributed by atoms with Crippen molar-refractivity contribution in [1.82, 2.24) is 19.9 Å². The van der Waals surface area contributed by atoms with Crippen LogP contribution in [0.2, 0.25) is 5.02 Å². The number of rotatable bonds is 6. The van der Waals surface area contributed by atoms with E-state index in [9.17, 15) is 39.6 Å². The topological polar surface area (TPSA) is 127 Å². The van der Waals surface area contributed by atoms with Gasteiger partial charge in [-0.25, -0.2) is 17.6 Å². The summed E-state index contributed by atoms with van der Waals surface area (Å²) in [6.07, 6.45) is -7.79. The van der Waals surface area contributed by atoms with Crippen molar-refractivity contribution in [3.05, 3.63) is 34.7 Å². The highest BCUT2D eigenvalue weighted by Gasteiger charge is 2.45. The number of piperazine rings is 1. The number of carbonyl (C=O) groups is 1. The molecule has 20 heteroatoms. The van der Waals surface area contributed by atoms with Gasteiger partial charge in [0.2, 0.25) is 10.0 Å². The Morgan fingerprint density at radius 3 is 2.23 bits per heavy atom. The molecule has 2 unspecified atom stereocenters. The summed E-state index contributed by atoms with van der Waals surface area (Å²) in [5.41, 5.74) is -5.44. The van der Waals surface area contributed by atoms with E-state index in [2.05, 4.69) is 15.0 Å². The highest BCUT2D eigenvalue weighted by Crippen LogP contribution is 2.45. The van der Waals surface area contributed by atoms with Crippen LogP contribution in [0.25, 0.3) is 22.2 Å². The van der Waals surface area contributed by atoms with Crippen molar-refractivity contribution < 1.29 is 53.4 Å². The van der Waals surface area contributed by atoms with Crippen LogP contribution in [-0.4, -0.2) is 84.2 Å². The molecule has 2 aliphatic heterocycles. The molecule has 3 aromatic rings. The standard InChI is InChI=1S/C28H28ClF7N6O5S/c1-26(2,3)47-25(43)42-14-5-6-15(42)11-41(10-14)23-17-9-37-21(20(30)22(17)38-24(39-23)46-12-27(31,32)33)16-7-13(40-48(4,44)45)8-18(29)19(16)28(34,35)36/h7-9,14-15,40H,5-6,10-12H2,1-4H3. The SMILES string of the molecule is CC(C)(C)OC(=O)N1C2CCC1CN(c1nc(OCC(F)(F)F)nc3c(F)c(-c4cc(NS(C)(=O)=O)cc(Cl)c4C(F)(F)F)ncc13)C2. The lowest BCUT2D eigenvalue weighted by molar-refractivity contribution is -0.154. The number of pyridine rings is 1. The predicted octanol–water partition coefficient (Wildman–Crippen LogP) is 6.40. The number of hydrogen-bond donors (Lipinski definition) is 1. The number of ether oxygens (including phenoxy) is 2. The van der Waals surface area contributed by atoms with Crippen LogP contribution < -0.4 is 14.4 Å². The Kier molecular flexibility index (Phi) is 9.03. The summed E-state index contributed by atoms with van der Waals surface area (Å²) in [7, 11) is -4.02. The molecule has 0 spiro atoms. The van der Waals surface area contributed by atoms with Crippen molar-refractivity contribution in [2.24, 2.45) is 0 Å². The number of nitrogens with one attached hydrogen (secondary N) is 1. The fraction of sp³-hybridized carbons (Fsp3) is 0.500. The monoisotopic (exact) mass is 728 g/mol. The Morgan fingerprint density at radius 2 is 1.69 bits per heavy atom. The van der Waals surface area contributed by atoms with E-state index in [1.165, 1.54) is 0 Å². The van der Waals surface area contributed by atoms with E-state index >= 15 is 4.39 Å². The van der Waals surface area contributed by atoms with E-state index in [1.807, 2.05) is 4.72 Å². The minimum Gasteiger partial charge on any atom is -0.454 e.